The predicted molar refractivity (Wildman–Crippen MR) is 157 cm³/mol. The molecule has 1 aliphatic rings. The first-order chi connectivity index (χ1) is 18.1. The van der Waals surface area contributed by atoms with Crippen molar-refractivity contribution in [2.75, 3.05) is 6.61 Å². The number of rotatable bonds is 4. The van der Waals surface area contributed by atoms with Crippen LogP contribution in [0.3, 0.4) is 0 Å². The van der Waals surface area contributed by atoms with Crippen molar-refractivity contribution in [3.05, 3.63) is 95.2 Å². The SMILES string of the molecule is CCOC(=O)C1=C(C)N=c2sc(=Cc3cc(C(C)(C)C)c(O)c(C(C)(C)C)c3)c(=O)n2C1c1ccc(C)cc1. The third-order valence-electron chi connectivity index (χ3n) is 6.96. The number of fused-ring (bicyclic) bond motifs is 1. The Balaban J connectivity index is 1.99. The summed E-state index contributed by atoms with van der Waals surface area (Å²) in [6, 6.07) is 11.1. The molecule has 0 bridgehead atoms. The van der Waals surface area contributed by atoms with Crippen molar-refractivity contribution >= 4 is 23.4 Å². The minimum absolute atomic E-state index is 0.221. The Bertz CT molecular complexity index is 1610. The van der Waals surface area contributed by atoms with E-state index in [2.05, 4.69) is 46.5 Å². The lowest BCUT2D eigenvalue weighted by Crippen LogP contribution is -2.39. The Morgan fingerprint density at radius 1 is 1.05 bits per heavy atom. The standard InChI is InChI=1S/C32H38N2O4S/c1-10-38-29(37)25-19(3)33-30-34(26(25)21-13-11-18(2)12-14-21)28(36)24(39-30)17-20-15-22(31(4,5)6)27(35)23(16-20)32(7,8)9/h11-17,26,35H,10H2,1-9H3. The fourth-order valence-electron chi connectivity index (χ4n) is 4.89. The van der Waals surface area contributed by atoms with Gasteiger partial charge >= 0.3 is 5.97 Å². The van der Waals surface area contributed by atoms with Crippen LogP contribution in [0.15, 0.2) is 57.5 Å². The number of phenolic OH excluding ortho intramolecular Hbond substituents is 1. The second-order valence-electron chi connectivity index (χ2n) is 12.2. The third-order valence-corrected chi connectivity index (χ3v) is 7.94. The number of nitrogens with zero attached hydrogens (tertiary/aromatic N) is 2. The van der Waals surface area contributed by atoms with E-state index in [0.717, 1.165) is 27.8 Å². The zero-order valence-electron chi connectivity index (χ0n) is 24.3. The molecule has 2 heterocycles. The van der Waals surface area contributed by atoms with E-state index in [-0.39, 0.29) is 23.0 Å². The summed E-state index contributed by atoms with van der Waals surface area (Å²) in [4.78, 5) is 32.3. The van der Waals surface area contributed by atoms with E-state index < -0.39 is 12.0 Å². The third kappa shape index (κ3) is 5.50. The van der Waals surface area contributed by atoms with E-state index >= 15 is 0 Å². The van der Waals surface area contributed by atoms with Crippen LogP contribution in [0.4, 0.5) is 0 Å². The monoisotopic (exact) mass is 546 g/mol. The van der Waals surface area contributed by atoms with E-state index in [0.29, 0.717) is 26.4 Å². The second-order valence-corrected chi connectivity index (χ2v) is 13.2. The highest BCUT2D eigenvalue weighted by molar-refractivity contribution is 7.07. The quantitative estimate of drug-likeness (QED) is 0.444. The van der Waals surface area contributed by atoms with Crippen molar-refractivity contribution in [3.8, 4) is 5.75 Å². The molecule has 0 fully saturated rings. The molecular weight excluding hydrogens is 508 g/mol. The summed E-state index contributed by atoms with van der Waals surface area (Å²) in [6.45, 7) is 18.2. The molecule has 206 valence electrons. The van der Waals surface area contributed by atoms with Gasteiger partial charge in [-0.15, -0.1) is 0 Å². The van der Waals surface area contributed by atoms with Gasteiger partial charge < -0.3 is 9.84 Å². The van der Waals surface area contributed by atoms with Crippen LogP contribution in [0.2, 0.25) is 0 Å². The molecule has 1 atom stereocenters. The lowest BCUT2D eigenvalue weighted by atomic mass is 9.78. The van der Waals surface area contributed by atoms with Gasteiger partial charge in [0.25, 0.3) is 5.56 Å². The molecule has 0 spiro atoms. The number of allylic oxidation sites excluding steroid dienone is 1. The van der Waals surface area contributed by atoms with Gasteiger partial charge in [-0.05, 0) is 60.9 Å². The van der Waals surface area contributed by atoms with Crippen molar-refractivity contribution in [2.24, 2.45) is 4.99 Å². The maximum absolute atomic E-state index is 14.0. The highest BCUT2D eigenvalue weighted by Gasteiger charge is 2.33. The molecular formula is C32H38N2O4S. The van der Waals surface area contributed by atoms with E-state index in [1.165, 1.54) is 11.3 Å². The van der Waals surface area contributed by atoms with E-state index in [1.54, 1.807) is 18.4 Å². The molecule has 0 saturated carbocycles. The number of carbonyl (C=O) groups is 1. The minimum atomic E-state index is -0.641. The highest BCUT2D eigenvalue weighted by Crippen LogP contribution is 2.40. The molecule has 1 aromatic heterocycles. The number of esters is 1. The largest absolute Gasteiger partial charge is 0.507 e. The summed E-state index contributed by atoms with van der Waals surface area (Å²) < 4.78 is 7.50. The van der Waals surface area contributed by atoms with Gasteiger partial charge in [-0.2, -0.15) is 0 Å². The summed E-state index contributed by atoms with van der Waals surface area (Å²) in [6.07, 6.45) is 1.86. The van der Waals surface area contributed by atoms with Crippen molar-refractivity contribution in [1.29, 1.82) is 0 Å². The molecule has 0 aliphatic carbocycles. The average molecular weight is 547 g/mol. The molecule has 0 amide bonds. The molecule has 1 N–H and O–H groups in total. The van der Waals surface area contributed by atoms with E-state index in [4.69, 9.17) is 4.74 Å². The van der Waals surface area contributed by atoms with Crippen LogP contribution < -0.4 is 14.9 Å². The Labute approximate surface area is 234 Å². The van der Waals surface area contributed by atoms with Crippen LogP contribution in [-0.2, 0) is 20.4 Å². The maximum Gasteiger partial charge on any atom is 0.338 e. The molecule has 39 heavy (non-hydrogen) atoms. The van der Waals surface area contributed by atoms with Gasteiger partial charge in [0.2, 0.25) is 0 Å². The number of aromatic nitrogens is 1. The molecule has 0 saturated heterocycles. The molecule has 2 aromatic carbocycles. The van der Waals surface area contributed by atoms with Crippen LogP contribution >= 0.6 is 11.3 Å². The average Bonchev–Trinajstić information content (AvgIpc) is 3.12. The van der Waals surface area contributed by atoms with Crippen molar-refractivity contribution in [2.45, 2.75) is 79.2 Å². The fraction of sp³-hybridized carbons (Fsp3) is 0.406. The van der Waals surface area contributed by atoms with Crippen LogP contribution in [0, 0.1) is 6.92 Å². The van der Waals surface area contributed by atoms with Gasteiger partial charge in [0.05, 0.1) is 28.5 Å². The normalized spacial score (nSPS) is 16.2. The Hall–Kier alpha value is -3.45. The number of benzene rings is 2. The zero-order chi connectivity index (χ0) is 28.9. The predicted octanol–water partition coefficient (Wildman–Crippen LogP) is 5.41. The van der Waals surface area contributed by atoms with Gasteiger partial charge in [-0.25, -0.2) is 9.79 Å². The summed E-state index contributed by atoms with van der Waals surface area (Å²) in [5.74, 6) is -0.176. The highest BCUT2D eigenvalue weighted by atomic mass is 32.1. The van der Waals surface area contributed by atoms with Crippen LogP contribution in [-0.4, -0.2) is 22.2 Å². The first kappa shape index (κ1) is 28.6. The van der Waals surface area contributed by atoms with Crippen LogP contribution in [0.5, 0.6) is 5.75 Å². The number of hydrogen-bond acceptors (Lipinski definition) is 6. The summed E-state index contributed by atoms with van der Waals surface area (Å²) >= 11 is 1.30. The Morgan fingerprint density at radius 2 is 1.62 bits per heavy atom. The zero-order valence-corrected chi connectivity index (χ0v) is 25.1. The fourth-order valence-corrected chi connectivity index (χ4v) is 5.94. The summed E-state index contributed by atoms with van der Waals surface area (Å²) in [5.41, 5.74) is 4.50. The van der Waals surface area contributed by atoms with Crippen LogP contribution in [0.25, 0.3) is 6.08 Å². The first-order valence-corrected chi connectivity index (χ1v) is 14.1. The van der Waals surface area contributed by atoms with E-state index in [9.17, 15) is 14.7 Å². The number of carbonyl (C=O) groups excluding carboxylic acids is 1. The summed E-state index contributed by atoms with van der Waals surface area (Å²) in [7, 11) is 0. The number of thiazole rings is 1. The first-order valence-electron chi connectivity index (χ1n) is 13.3. The van der Waals surface area contributed by atoms with Crippen molar-refractivity contribution < 1.29 is 14.6 Å². The number of phenols is 1. The van der Waals surface area contributed by atoms with Gasteiger partial charge in [-0.3, -0.25) is 9.36 Å². The molecule has 7 heteroatoms. The number of aromatic hydroxyl groups is 1. The van der Waals surface area contributed by atoms with Gasteiger partial charge in [0.1, 0.15) is 5.75 Å². The summed E-state index contributed by atoms with van der Waals surface area (Å²) in [5, 5.41) is 11.1. The molecule has 6 nitrogen and oxygen atoms in total. The molecule has 0 radical (unpaired) electrons. The van der Waals surface area contributed by atoms with Gasteiger partial charge in [-0.1, -0.05) is 82.7 Å². The van der Waals surface area contributed by atoms with Gasteiger partial charge in [0.15, 0.2) is 4.80 Å². The lowest BCUT2D eigenvalue weighted by Gasteiger charge is -2.27. The number of aryl methyl sites for hydroxylation is 1. The maximum atomic E-state index is 14.0. The minimum Gasteiger partial charge on any atom is -0.507 e. The molecule has 4 rings (SSSR count). The molecule has 1 unspecified atom stereocenters. The Morgan fingerprint density at radius 3 is 2.13 bits per heavy atom. The van der Waals surface area contributed by atoms with Crippen LogP contribution in [0.1, 0.15) is 89.2 Å². The Kier molecular flexibility index (Phi) is 7.52. The molecule has 3 aromatic rings. The molecule has 1 aliphatic heterocycles. The lowest BCUT2D eigenvalue weighted by molar-refractivity contribution is -0.139. The number of hydrogen-bond donors (Lipinski definition) is 1. The van der Waals surface area contributed by atoms with Gasteiger partial charge in [0, 0.05) is 11.1 Å². The van der Waals surface area contributed by atoms with Crippen molar-refractivity contribution in [1.82, 2.24) is 4.57 Å². The van der Waals surface area contributed by atoms with Crippen molar-refractivity contribution in [3.63, 3.8) is 0 Å². The smallest absolute Gasteiger partial charge is 0.338 e. The van der Waals surface area contributed by atoms with E-state index in [1.807, 2.05) is 49.4 Å². The topological polar surface area (TPSA) is 80.9 Å². The number of ether oxygens (including phenoxy) is 1. The second kappa shape index (κ2) is 10.3.